The van der Waals surface area contributed by atoms with Gasteiger partial charge in [-0.15, -0.1) is 0 Å². The molecule has 0 aliphatic carbocycles. The van der Waals surface area contributed by atoms with Crippen molar-refractivity contribution >= 4 is 22.4 Å². The summed E-state index contributed by atoms with van der Waals surface area (Å²) < 4.78 is 0. The van der Waals surface area contributed by atoms with Crippen molar-refractivity contribution in [3.05, 3.63) is 76.6 Å². The average molecular weight is 345 g/mol. The quantitative estimate of drug-likeness (QED) is 0.531. The summed E-state index contributed by atoms with van der Waals surface area (Å²) in [7, 11) is 0. The van der Waals surface area contributed by atoms with Gasteiger partial charge in [0, 0.05) is 22.8 Å². The number of hydrogen-bond donors (Lipinski definition) is 3. The second-order valence-electron chi connectivity index (χ2n) is 5.85. The Morgan fingerprint density at radius 2 is 1.77 bits per heavy atom. The number of carbonyl (C=O) groups is 1. The zero-order valence-electron chi connectivity index (χ0n) is 13.9. The minimum Gasteiger partial charge on any atom is -0.348 e. The van der Waals surface area contributed by atoms with Gasteiger partial charge < -0.3 is 10.3 Å². The van der Waals surface area contributed by atoms with Crippen LogP contribution < -0.4 is 10.9 Å². The summed E-state index contributed by atoms with van der Waals surface area (Å²) in [6.07, 6.45) is 1.56. The smallest absolute Gasteiger partial charge is 0.275 e. The van der Waals surface area contributed by atoms with Gasteiger partial charge in [0.2, 0.25) is 0 Å². The van der Waals surface area contributed by atoms with E-state index >= 15 is 0 Å². The lowest BCUT2D eigenvalue weighted by Crippen LogP contribution is -2.12. The maximum absolute atomic E-state index is 12.1. The summed E-state index contributed by atoms with van der Waals surface area (Å²) in [4.78, 5) is 31.0. The highest BCUT2D eigenvalue weighted by Crippen LogP contribution is 2.25. The number of carbonyl (C=O) groups excluding carboxylic acids is 1. The van der Waals surface area contributed by atoms with Crippen molar-refractivity contribution < 1.29 is 4.79 Å². The van der Waals surface area contributed by atoms with Crippen LogP contribution in [-0.4, -0.2) is 26.1 Å². The monoisotopic (exact) mass is 345 g/mol. The minimum atomic E-state index is -0.283. The van der Waals surface area contributed by atoms with Gasteiger partial charge in [-0.05, 0) is 25.1 Å². The number of hydrogen-bond acceptors (Lipinski definition) is 4. The molecule has 0 saturated heterocycles. The molecule has 0 fully saturated rings. The lowest BCUT2D eigenvalue weighted by Gasteiger charge is -2.07. The summed E-state index contributed by atoms with van der Waals surface area (Å²) >= 11 is 0. The number of aryl methyl sites for hydroxylation is 1. The number of nitrogens with zero attached hydrogens (tertiary/aromatic N) is 2. The third-order valence-corrected chi connectivity index (χ3v) is 4.05. The van der Waals surface area contributed by atoms with Gasteiger partial charge >= 0.3 is 0 Å². The zero-order valence-corrected chi connectivity index (χ0v) is 13.9. The lowest BCUT2D eigenvalue weighted by molar-refractivity contribution is 0.102. The number of benzene rings is 2. The van der Waals surface area contributed by atoms with Crippen LogP contribution in [0.5, 0.6) is 0 Å². The molecule has 0 aliphatic heterocycles. The van der Waals surface area contributed by atoms with Crippen LogP contribution in [0, 0.1) is 6.92 Å². The van der Waals surface area contributed by atoms with Gasteiger partial charge in [0.1, 0.15) is 11.5 Å². The average Bonchev–Trinajstić information content (AvgIpc) is 3.10. The predicted molar refractivity (Wildman–Crippen MR) is 99.1 cm³/mol. The van der Waals surface area contributed by atoms with Crippen molar-refractivity contribution in [3.8, 4) is 11.3 Å². The van der Waals surface area contributed by atoms with Crippen molar-refractivity contribution in [1.82, 2.24) is 20.2 Å². The molecule has 2 aromatic heterocycles. The molecule has 3 N–H and O–H groups in total. The molecule has 0 aliphatic rings. The zero-order chi connectivity index (χ0) is 18.1. The molecule has 7 nitrogen and oxygen atoms in total. The lowest BCUT2D eigenvalue weighted by atomic mass is 10.0. The molecule has 26 heavy (non-hydrogen) atoms. The number of amides is 1. The van der Waals surface area contributed by atoms with E-state index in [1.807, 2.05) is 30.3 Å². The van der Waals surface area contributed by atoms with Crippen LogP contribution >= 0.6 is 0 Å². The number of nitrogens with one attached hydrogen (secondary N) is 3. The Kier molecular flexibility index (Phi) is 3.81. The number of aromatic nitrogens is 4. The molecule has 1 amide bonds. The topological polar surface area (TPSA) is 104 Å². The SMILES string of the molecule is Cc1nc(C(=O)Nc2ccc(-c3n[nH]c(=O)c4ccccc34)cc2)c[nH]1. The van der Waals surface area contributed by atoms with E-state index in [1.54, 1.807) is 31.3 Å². The van der Waals surface area contributed by atoms with Gasteiger partial charge in [-0.25, -0.2) is 10.1 Å². The molecule has 2 aromatic carbocycles. The van der Waals surface area contributed by atoms with E-state index in [-0.39, 0.29) is 11.5 Å². The molecule has 7 heteroatoms. The van der Waals surface area contributed by atoms with E-state index in [2.05, 4.69) is 25.5 Å². The Labute approximate surface area is 148 Å². The normalized spacial score (nSPS) is 10.8. The molecule has 0 spiro atoms. The molecule has 4 aromatic rings. The largest absolute Gasteiger partial charge is 0.348 e. The predicted octanol–water partition coefficient (Wildman–Crippen LogP) is 2.87. The molecular formula is C19H15N5O2. The van der Waals surface area contributed by atoms with Crippen LogP contribution in [0.25, 0.3) is 22.0 Å². The first kappa shape index (κ1) is 15.8. The molecule has 0 unspecified atom stereocenters. The van der Waals surface area contributed by atoms with E-state index < -0.39 is 0 Å². The Morgan fingerprint density at radius 3 is 2.46 bits per heavy atom. The first-order valence-corrected chi connectivity index (χ1v) is 8.03. The van der Waals surface area contributed by atoms with Gasteiger partial charge in [-0.2, -0.15) is 5.10 Å². The second-order valence-corrected chi connectivity index (χ2v) is 5.85. The number of rotatable bonds is 3. The highest BCUT2D eigenvalue weighted by atomic mass is 16.2. The summed E-state index contributed by atoms with van der Waals surface area (Å²) in [6, 6.07) is 14.6. The molecular weight excluding hydrogens is 330 g/mol. The fraction of sp³-hybridized carbons (Fsp3) is 0.0526. The first-order valence-electron chi connectivity index (χ1n) is 8.03. The Balaban J connectivity index is 1.64. The van der Waals surface area contributed by atoms with Gasteiger partial charge in [0.25, 0.3) is 11.5 Å². The van der Waals surface area contributed by atoms with E-state index in [9.17, 15) is 9.59 Å². The molecule has 0 saturated carbocycles. The summed E-state index contributed by atoms with van der Waals surface area (Å²) in [5, 5.41) is 10.9. The Morgan fingerprint density at radius 1 is 1.04 bits per heavy atom. The van der Waals surface area contributed by atoms with Gasteiger partial charge in [-0.1, -0.05) is 30.3 Å². The van der Waals surface area contributed by atoms with E-state index in [1.165, 1.54) is 0 Å². The van der Waals surface area contributed by atoms with Crippen LogP contribution in [-0.2, 0) is 0 Å². The van der Waals surface area contributed by atoms with Crippen LogP contribution in [0.2, 0.25) is 0 Å². The van der Waals surface area contributed by atoms with Crippen LogP contribution in [0.3, 0.4) is 0 Å². The van der Waals surface area contributed by atoms with Crippen molar-refractivity contribution in [3.63, 3.8) is 0 Å². The Bertz CT molecular complexity index is 1160. The maximum atomic E-state index is 12.1. The Hall–Kier alpha value is -3.74. The highest BCUT2D eigenvalue weighted by Gasteiger charge is 2.11. The standard InChI is InChI=1S/C19H15N5O2/c1-11-20-10-16(21-11)19(26)22-13-8-6-12(7-9-13)17-14-4-2-3-5-15(14)18(25)24-23-17/h2-10H,1H3,(H,20,21)(H,22,26)(H,24,25). The first-order chi connectivity index (χ1) is 12.6. The minimum absolute atomic E-state index is 0.220. The van der Waals surface area contributed by atoms with Crippen LogP contribution in [0.1, 0.15) is 16.3 Å². The molecule has 128 valence electrons. The number of fused-ring (bicyclic) bond motifs is 1. The molecule has 0 radical (unpaired) electrons. The van der Waals surface area contributed by atoms with Crippen molar-refractivity contribution in [2.45, 2.75) is 6.92 Å². The van der Waals surface area contributed by atoms with Crippen molar-refractivity contribution in [1.29, 1.82) is 0 Å². The van der Waals surface area contributed by atoms with Gasteiger partial charge in [-0.3, -0.25) is 9.59 Å². The number of H-pyrrole nitrogens is 2. The third kappa shape index (κ3) is 2.86. The number of imidazole rings is 1. The maximum Gasteiger partial charge on any atom is 0.275 e. The van der Waals surface area contributed by atoms with Gasteiger partial charge in [0.15, 0.2) is 0 Å². The molecule has 4 rings (SSSR count). The summed E-state index contributed by atoms with van der Waals surface area (Å²) in [5.41, 5.74) is 2.28. The van der Waals surface area contributed by atoms with E-state index in [0.717, 1.165) is 10.9 Å². The fourth-order valence-electron chi connectivity index (χ4n) is 2.78. The third-order valence-electron chi connectivity index (χ3n) is 4.05. The summed E-state index contributed by atoms with van der Waals surface area (Å²) in [6.45, 7) is 1.78. The van der Waals surface area contributed by atoms with Crippen LogP contribution in [0.4, 0.5) is 5.69 Å². The van der Waals surface area contributed by atoms with E-state index in [0.29, 0.717) is 28.3 Å². The van der Waals surface area contributed by atoms with Crippen molar-refractivity contribution in [2.75, 3.05) is 5.32 Å². The number of anilines is 1. The van der Waals surface area contributed by atoms with E-state index in [4.69, 9.17) is 0 Å². The molecule has 2 heterocycles. The summed E-state index contributed by atoms with van der Waals surface area (Å²) in [5.74, 6) is 0.399. The fourth-order valence-corrected chi connectivity index (χ4v) is 2.78. The highest BCUT2D eigenvalue weighted by molar-refractivity contribution is 6.03. The van der Waals surface area contributed by atoms with Gasteiger partial charge in [0.05, 0.1) is 11.1 Å². The number of aromatic amines is 2. The molecule has 0 bridgehead atoms. The van der Waals surface area contributed by atoms with Crippen LogP contribution in [0.15, 0.2) is 59.5 Å². The molecule has 0 atom stereocenters. The second kappa shape index (κ2) is 6.29. The van der Waals surface area contributed by atoms with Crippen molar-refractivity contribution in [2.24, 2.45) is 0 Å².